The minimum Gasteiger partial charge on any atom is -0.396 e. The van der Waals surface area contributed by atoms with E-state index in [2.05, 4.69) is 15.5 Å². The van der Waals surface area contributed by atoms with E-state index >= 15 is 0 Å². The molecule has 1 fully saturated rings. The maximum absolute atomic E-state index is 11.9. The quantitative estimate of drug-likeness (QED) is 0.884. The lowest BCUT2D eigenvalue weighted by Crippen LogP contribution is -2.41. The Morgan fingerprint density at radius 2 is 2.05 bits per heavy atom. The number of amides is 1. The van der Waals surface area contributed by atoms with Crippen molar-refractivity contribution in [2.45, 2.75) is 32.1 Å². The number of halogens is 1. The highest BCUT2D eigenvalue weighted by Crippen LogP contribution is 2.35. The highest BCUT2D eigenvalue weighted by atomic mass is 35.5. The van der Waals surface area contributed by atoms with Crippen LogP contribution in [0.4, 0.5) is 0 Å². The number of aromatic nitrogens is 2. The molecular weight excluding hydrogens is 266 g/mol. The van der Waals surface area contributed by atoms with Crippen LogP contribution >= 0.6 is 11.6 Å². The van der Waals surface area contributed by atoms with E-state index in [9.17, 15) is 9.90 Å². The lowest BCUT2D eigenvalue weighted by Gasteiger charge is -2.35. The van der Waals surface area contributed by atoms with Crippen LogP contribution < -0.4 is 5.32 Å². The summed E-state index contributed by atoms with van der Waals surface area (Å²) in [4.78, 5) is 11.9. The van der Waals surface area contributed by atoms with Crippen LogP contribution in [0.5, 0.6) is 0 Å². The predicted octanol–water partition coefficient (Wildman–Crippen LogP) is 1.80. The number of hydrogen-bond acceptors (Lipinski definition) is 4. The molecule has 1 aromatic rings. The molecule has 5 nitrogen and oxygen atoms in total. The van der Waals surface area contributed by atoms with E-state index in [1.807, 2.05) is 0 Å². The average Bonchev–Trinajstić information content (AvgIpc) is 2.46. The first-order valence-electron chi connectivity index (χ1n) is 6.53. The van der Waals surface area contributed by atoms with E-state index in [0.29, 0.717) is 6.54 Å². The molecule has 0 aromatic carbocycles. The van der Waals surface area contributed by atoms with E-state index in [1.165, 1.54) is 18.6 Å². The van der Waals surface area contributed by atoms with Crippen LogP contribution in [0.2, 0.25) is 5.15 Å². The van der Waals surface area contributed by atoms with E-state index in [-0.39, 0.29) is 28.8 Å². The lowest BCUT2D eigenvalue weighted by atomic mass is 9.74. The Hall–Kier alpha value is -1.20. The first-order chi connectivity index (χ1) is 9.15. The number of rotatable bonds is 4. The maximum Gasteiger partial charge on any atom is 0.271 e. The number of nitrogens with one attached hydrogen (secondary N) is 1. The Morgan fingerprint density at radius 3 is 2.63 bits per heavy atom. The summed E-state index contributed by atoms with van der Waals surface area (Å²) >= 11 is 5.62. The highest BCUT2D eigenvalue weighted by Gasteiger charge is 2.31. The van der Waals surface area contributed by atoms with Crippen LogP contribution in [0.1, 0.15) is 42.6 Å². The highest BCUT2D eigenvalue weighted by molar-refractivity contribution is 6.29. The first-order valence-corrected chi connectivity index (χ1v) is 6.91. The summed E-state index contributed by atoms with van der Waals surface area (Å²) in [7, 11) is 0. The average molecular weight is 284 g/mol. The van der Waals surface area contributed by atoms with Crippen LogP contribution in [0.3, 0.4) is 0 Å². The SMILES string of the molecule is O=C(NCC1(CO)CCCCC1)c1ccc(Cl)nn1. The maximum atomic E-state index is 11.9. The van der Waals surface area contributed by atoms with Gasteiger partial charge in [0, 0.05) is 12.0 Å². The van der Waals surface area contributed by atoms with Crippen molar-refractivity contribution in [3.05, 3.63) is 23.0 Å². The van der Waals surface area contributed by atoms with Crippen molar-refractivity contribution < 1.29 is 9.90 Å². The van der Waals surface area contributed by atoms with Gasteiger partial charge in [0.15, 0.2) is 10.8 Å². The number of aliphatic hydroxyl groups excluding tert-OH is 1. The molecule has 0 aliphatic heterocycles. The van der Waals surface area contributed by atoms with Crippen molar-refractivity contribution in [3.63, 3.8) is 0 Å². The molecule has 1 aliphatic rings. The summed E-state index contributed by atoms with van der Waals surface area (Å²) in [6.07, 6.45) is 5.33. The summed E-state index contributed by atoms with van der Waals surface area (Å²) < 4.78 is 0. The fraction of sp³-hybridized carbons (Fsp3) is 0.615. The van der Waals surface area contributed by atoms with Gasteiger partial charge in [-0.1, -0.05) is 30.9 Å². The summed E-state index contributed by atoms with van der Waals surface area (Å²) in [5.41, 5.74) is 0.0709. The molecule has 19 heavy (non-hydrogen) atoms. The summed E-state index contributed by atoms with van der Waals surface area (Å²) in [6.45, 7) is 0.590. The number of aliphatic hydroxyl groups is 1. The van der Waals surface area contributed by atoms with Gasteiger partial charge in [-0.2, -0.15) is 0 Å². The van der Waals surface area contributed by atoms with E-state index in [4.69, 9.17) is 11.6 Å². The molecule has 1 aromatic heterocycles. The molecule has 0 atom stereocenters. The second-order valence-corrected chi connectivity index (χ2v) is 5.53. The Kier molecular flexibility index (Phi) is 4.71. The lowest BCUT2D eigenvalue weighted by molar-refractivity contribution is 0.0715. The van der Waals surface area contributed by atoms with Gasteiger partial charge in [-0.25, -0.2) is 0 Å². The predicted molar refractivity (Wildman–Crippen MR) is 72.0 cm³/mol. The second-order valence-electron chi connectivity index (χ2n) is 5.14. The van der Waals surface area contributed by atoms with Gasteiger partial charge >= 0.3 is 0 Å². The van der Waals surface area contributed by atoms with Crippen molar-refractivity contribution in [3.8, 4) is 0 Å². The number of carbonyl (C=O) groups is 1. The third kappa shape index (κ3) is 3.64. The fourth-order valence-electron chi connectivity index (χ4n) is 2.49. The smallest absolute Gasteiger partial charge is 0.271 e. The van der Waals surface area contributed by atoms with Gasteiger partial charge in [-0.15, -0.1) is 10.2 Å². The number of nitrogens with zero attached hydrogens (tertiary/aromatic N) is 2. The van der Waals surface area contributed by atoms with Crippen LogP contribution in [0, 0.1) is 5.41 Å². The van der Waals surface area contributed by atoms with Gasteiger partial charge in [-0.3, -0.25) is 4.79 Å². The van der Waals surface area contributed by atoms with Crippen molar-refractivity contribution in [2.75, 3.05) is 13.2 Å². The zero-order chi connectivity index (χ0) is 13.7. The molecular formula is C13H18ClN3O2. The first kappa shape index (κ1) is 14.2. The molecule has 0 unspecified atom stereocenters. The molecule has 1 heterocycles. The number of carbonyl (C=O) groups excluding carboxylic acids is 1. The molecule has 104 valence electrons. The third-order valence-electron chi connectivity index (χ3n) is 3.74. The molecule has 0 saturated heterocycles. The largest absolute Gasteiger partial charge is 0.396 e. The topological polar surface area (TPSA) is 75.1 Å². The van der Waals surface area contributed by atoms with Crippen molar-refractivity contribution in [1.82, 2.24) is 15.5 Å². The summed E-state index contributed by atoms with van der Waals surface area (Å²) in [6, 6.07) is 3.07. The molecule has 0 spiro atoms. The van der Waals surface area contributed by atoms with Crippen LogP contribution in [-0.4, -0.2) is 34.4 Å². The van der Waals surface area contributed by atoms with Crippen molar-refractivity contribution >= 4 is 17.5 Å². The second kappa shape index (κ2) is 6.30. The molecule has 2 rings (SSSR count). The fourth-order valence-corrected chi connectivity index (χ4v) is 2.59. The molecule has 1 amide bonds. The Morgan fingerprint density at radius 1 is 1.32 bits per heavy atom. The van der Waals surface area contributed by atoms with Gasteiger partial charge in [0.05, 0.1) is 6.61 Å². The third-order valence-corrected chi connectivity index (χ3v) is 3.94. The standard InChI is InChI=1S/C13H18ClN3O2/c14-11-5-4-10(16-17-11)12(19)15-8-13(9-18)6-2-1-3-7-13/h4-5,18H,1-3,6-9H2,(H,15,19). The molecule has 0 radical (unpaired) electrons. The van der Waals surface area contributed by atoms with Crippen molar-refractivity contribution in [1.29, 1.82) is 0 Å². The van der Waals surface area contributed by atoms with Gasteiger partial charge in [-0.05, 0) is 25.0 Å². The Bertz CT molecular complexity index is 430. The van der Waals surface area contributed by atoms with Gasteiger partial charge in [0.25, 0.3) is 5.91 Å². The number of hydrogen-bond donors (Lipinski definition) is 2. The summed E-state index contributed by atoms with van der Waals surface area (Å²) in [5.74, 6) is -0.275. The molecule has 1 saturated carbocycles. The Balaban J connectivity index is 1.93. The van der Waals surface area contributed by atoms with Crippen LogP contribution in [0.25, 0.3) is 0 Å². The van der Waals surface area contributed by atoms with E-state index in [1.54, 1.807) is 0 Å². The Labute approximate surface area is 117 Å². The van der Waals surface area contributed by atoms with Crippen molar-refractivity contribution in [2.24, 2.45) is 5.41 Å². The molecule has 0 bridgehead atoms. The monoisotopic (exact) mass is 283 g/mol. The zero-order valence-corrected chi connectivity index (χ0v) is 11.5. The van der Waals surface area contributed by atoms with Gasteiger partial charge < -0.3 is 10.4 Å². The zero-order valence-electron chi connectivity index (χ0n) is 10.7. The molecule has 2 N–H and O–H groups in total. The van der Waals surface area contributed by atoms with Crippen LogP contribution in [-0.2, 0) is 0 Å². The minimum atomic E-state index is -0.275. The van der Waals surface area contributed by atoms with Crippen LogP contribution in [0.15, 0.2) is 12.1 Å². The molecule has 1 aliphatic carbocycles. The summed E-state index contributed by atoms with van der Waals surface area (Å²) in [5, 5.41) is 20.0. The molecule has 6 heteroatoms. The van der Waals surface area contributed by atoms with E-state index < -0.39 is 0 Å². The van der Waals surface area contributed by atoms with Gasteiger partial charge in [0.1, 0.15) is 0 Å². The normalized spacial score (nSPS) is 18.0. The van der Waals surface area contributed by atoms with E-state index in [0.717, 1.165) is 25.7 Å². The van der Waals surface area contributed by atoms with Gasteiger partial charge in [0.2, 0.25) is 0 Å². The minimum absolute atomic E-state index is 0.111.